The van der Waals surface area contributed by atoms with E-state index in [0.29, 0.717) is 18.2 Å². The van der Waals surface area contributed by atoms with Crippen LogP contribution in [0, 0.1) is 11.6 Å². The van der Waals surface area contributed by atoms with Crippen LogP contribution in [-0.4, -0.2) is 25.4 Å². The highest BCUT2D eigenvalue weighted by Crippen LogP contribution is 2.34. The Kier molecular flexibility index (Phi) is 3.52. The van der Waals surface area contributed by atoms with Crippen LogP contribution in [0.4, 0.5) is 20.3 Å². The number of benzene rings is 1. The van der Waals surface area contributed by atoms with Crippen molar-refractivity contribution in [3.05, 3.63) is 48.2 Å². The van der Waals surface area contributed by atoms with Crippen LogP contribution < -0.4 is 9.62 Å². The fraction of sp³-hybridized carbons (Fsp3) is 0.143. The largest absolute Gasteiger partial charge is 0.321 e. The lowest BCUT2D eigenvalue weighted by atomic mass is 10.2. The number of pyridine rings is 1. The number of hydrogen-bond donors (Lipinski definition) is 1. The number of nitrogens with one attached hydrogen (secondary N) is 1. The predicted molar refractivity (Wildman–Crippen MR) is 78.4 cm³/mol. The Hall–Kier alpha value is -2.55. The Morgan fingerprint density at radius 2 is 1.87 bits per heavy atom. The van der Waals surface area contributed by atoms with Crippen LogP contribution in [0.2, 0.25) is 0 Å². The van der Waals surface area contributed by atoms with E-state index in [2.05, 4.69) is 10.3 Å². The topological polar surface area (TPSA) is 79.4 Å². The summed E-state index contributed by atoms with van der Waals surface area (Å²) in [6.07, 6.45) is 1.36. The van der Waals surface area contributed by atoms with Crippen molar-refractivity contribution in [2.45, 2.75) is 17.9 Å². The molecule has 3 rings (SSSR count). The minimum atomic E-state index is -4.37. The molecule has 0 unspecified atom stereocenters. The Bertz CT molecular complexity index is 882. The molecule has 23 heavy (non-hydrogen) atoms. The first-order valence-corrected chi connectivity index (χ1v) is 8.01. The van der Waals surface area contributed by atoms with Gasteiger partial charge in [0.2, 0.25) is 5.91 Å². The lowest BCUT2D eigenvalue weighted by Gasteiger charge is -2.33. The molecule has 1 aliphatic rings. The summed E-state index contributed by atoms with van der Waals surface area (Å²) in [5.41, 5.74) is 0.205. The van der Waals surface area contributed by atoms with Gasteiger partial charge >= 0.3 is 0 Å². The van der Waals surface area contributed by atoms with Gasteiger partial charge in [-0.15, -0.1) is 0 Å². The van der Waals surface area contributed by atoms with Crippen molar-refractivity contribution in [2.24, 2.45) is 0 Å². The maximum absolute atomic E-state index is 13.4. The van der Waals surface area contributed by atoms with Crippen molar-refractivity contribution >= 4 is 27.4 Å². The molecule has 6 nitrogen and oxygen atoms in total. The summed E-state index contributed by atoms with van der Waals surface area (Å²) in [4.78, 5) is 15.4. The van der Waals surface area contributed by atoms with Crippen LogP contribution in [0.25, 0.3) is 0 Å². The molecule has 0 saturated carbocycles. The van der Waals surface area contributed by atoms with Gasteiger partial charge in [-0.2, -0.15) is 0 Å². The van der Waals surface area contributed by atoms with Crippen molar-refractivity contribution < 1.29 is 22.0 Å². The maximum atomic E-state index is 13.4. The van der Waals surface area contributed by atoms with Crippen LogP contribution in [-0.2, 0) is 14.8 Å². The summed E-state index contributed by atoms with van der Waals surface area (Å²) in [6, 6.07) is 3.86. The summed E-state index contributed by atoms with van der Waals surface area (Å²) in [7, 11) is -4.37. The van der Waals surface area contributed by atoms with E-state index >= 15 is 0 Å². The minimum Gasteiger partial charge on any atom is -0.321 e. The van der Waals surface area contributed by atoms with Gasteiger partial charge in [0.25, 0.3) is 10.0 Å². The first-order chi connectivity index (χ1) is 10.8. The van der Waals surface area contributed by atoms with Gasteiger partial charge in [0.05, 0.1) is 10.6 Å². The highest BCUT2D eigenvalue weighted by Gasteiger charge is 2.39. The average molecular weight is 339 g/mol. The molecule has 1 aliphatic heterocycles. The van der Waals surface area contributed by atoms with Crippen LogP contribution in [0.5, 0.6) is 0 Å². The number of hydrogen-bond acceptors (Lipinski definition) is 4. The molecule has 1 N–H and O–H groups in total. The zero-order valence-corrected chi connectivity index (χ0v) is 12.6. The van der Waals surface area contributed by atoms with Gasteiger partial charge < -0.3 is 5.32 Å². The Balaban J connectivity index is 2.21. The molecule has 2 heterocycles. The maximum Gasteiger partial charge on any atom is 0.266 e. The van der Waals surface area contributed by atoms with Gasteiger partial charge in [0.15, 0.2) is 5.82 Å². The molecule has 1 atom stereocenters. The van der Waals surface area contributed by atoms with E-state index in [1.165, 1.54) is 25.3 Å². The van der Waals surface area contributed by atoms with E-state index in [1.807, 2.05) is 0 Å². The normalized spacial score (nSPS) is 17.6. The molecule has 2 aromatic rings. The second-order valence-electron chi connectivity index (χ2n) is 4.95. The van der Waals surface area contributed by atoms with Crippen LogP contribution in [0.3, 0.4) is 0 Å². The number of amides is 1. The third-order valence-corrected chi connectivity index (χ3v) is 5.22. The lowest BCUT2D eigenvalue weighted by Crippen LogP contribution is -2.49. The number of nitrogens with zero attached hydrogens (tertiary/aromatic N) is 2. The number of halogens is 2. The van der Waals surface area contributed by atoms with E-state index in [9.17, 15) is 22.0 Å². The smallest absolute Gasteiger partial charge is 0.266 e. The molecule has 1 aromatic carbocycles. The van der Waals surface area contributed by atoms with Crippen LogP contribution >= 0.6 is 0 Å². The summed E-state index contributed by atoms with van der Waals surface area (Å²) in [6.45, 7) is 1.36. The summed E-state index contributed by atoms with van der Waals surface area (Å²) < 4.78 is 53.1. The quantitative estimate of drug-likeness (QED) is 0.906. The number of aromatic nitrogens is 1. The fourth-order valence-corrected chi connectivity index (χ4v) is 3.95. The van der Waals surface area contributed by atoms with Crippen LogP contribution in [0.15, 0.2) is 41.4 Å². The molecule has 1 aromatic heterocycles. The molecule has 9 heteroatoms. The molecule has 0 aliphatic carbocycles. The van der Waals surface area contributed by atoms with Crippen molar-refractivity contribution in [3.8, 4) is 0 Å². The van der Waals surface area contributed by atoms with E-state index in [-0.39, 0.29) is 11.5 Å². The molecule has 0 fully saturated rings. The van der Waals surface area contributed by atoms with Gasteiger partial charge in [-0.25, -0.2) is 26.5 Å². The lowest BCUT2D eigenvalue weighted by molar-refractivity contribution is -0.117. The second-order valence-corrected chi connectivity index (χ2v) is 6.76. The summed E-state index contributed by atoms with van der Waals surface area (Å²) in [5.74, 6) is -2.63. The third kappa shape index (κ3) is 2.52. The number of fused-ring (bicyclic) bond motifs is 1. The molecule has 0 saturated heterocycles. The summed E-state index contributed by atoms with van der Waals surface area (Å²) >= 11 is 0. The van der Waals surface area contributed by atoms with E-state index < -0.39 is 38.5 Å². The van der Waals surface area contributed by atoms with Gasteiger partial charge in [0, 0.05) is 12.3 Å². The molecule has 120 valence electrons. The number of anilines is 2. The molecule has 0 bridgehead atoms. The van der Waals surface area contributed by atoms with E-state index in [4.69, 9.17) is 0 Å². The van der Waals surface area contributed by atoms with Gasteiger partial charge in [-0.1, -0.05) is 0 Å². The van der Waals surface area contributed by atoms with Crippen molar-refractivity contribution in [1.82, 2.24) is 4.98 Å². The highest BCUT2D eigenvalue weighted by atomic mass is 32.2. The Labute approximate surface area is 130 Å². The zero-order chi connectivity index (χ0) is 16.8. The molecule has 0 radical (unpaired) electrons. The van der Waals surface area contributed by atoms with Gasteiger partial charge in [0.1, 0.15) is 17.7 Å². The monoisotopic (exact) mass is 339 g/mol. The van der Waals surface area contributed by atoms with Crippen molar-refractivity contribution in [3.63, 3.8) is 0 Å². The van der Waals surface area contributed by atoms with E-state index in [1.54, 1.807) is 0 Å². The Morgan fingerprint density at radius 1 is 1.22 bits per heavy atom. The van der Waals surface area contributed by atoms with Crippen molar-refractivity contribution in [2.75, 3.05) is 9.62 Å². The molecular weight excluding hydrogens is 328 g/mol. The number of carbonyl (C=O) groups is 1. The standard InChI is InChI=1S/C14H11F2N3O3S/c1-8-14(20)18-12-3-2-4-17-13(12)19(8)23(21,22)11-6-9(15)5-10(16)7-11/h2-8H,1H3,(H,18,20)/t8-/m1/s1. The predicted octanol–water partition coefficient (Wildman–Crippen LogP) is 1.90. The van der Waals surface area contributed by atoms with Gasteiger partial charge in [-0.05, 0) is 31.2 Å². The minimum absolute atomic E-state index is 0.00994. The van der Waals surface area contributed by atoms with Gasteiger partial charge in [-0.3, -0.25) is 4.79 Å². The molecular formula is C14H11F2N3O3S. The van der Waals surface area contributed by atoms with E-state index in [0.717, 1.165) is 4.31 Å². The number of rotatable bonds is 2. The molecule has 0 spiro atoms. The molecule has 1 amide bonds. The Morgan fingerprint density at radius 3 is 2.52 bits per heavy atom. The number of sulfonamides is 1. The summed E-state index contributed by atoms with van der Waals surface area (Å²) in [5, 5.41) is 2.53. The zero-order valence-electron chi connectivity index (χ0n) is 11.8. The van der Waals surface area contributed by atoms with Crippen LogP contribution in [0.1, 0.15) is 6.92 Å². The van der Waals surface area contributed by atoms with Crippen molar-refractivity contribution in [1.29, 1.82) is 0 Å². The first-order valence-electron chi connectivity index (χ1n) is 6.57. The SMILES string of the molecule is C[C@@H]1C(=O)Nc2cccnc2N1S(=O)(=O)c1cc(F)cc(F)c1. The second kappa shape index (κ2) is 5.27. The fourth-order valence-electron chi connectivity index (χ4n) is 2.31. The first kappa shape index (κ1) is 15.3. The number of carbonyl (C=O) groups excluding carboxylic acids is 1. The third-order valence-electron chi connectivity index (χ3n) is 3.38. The average Bonchev–Trinajstić information content (AvgIpc) is 2.47. The highest BCUT2D eigenvalue weighted by molar-refractivity contribution is 7.93.